The van der Waals surface area contributed by atoms with Crippen LogP contribution in [0.25, 0.3) is 0 Å². The van der Waals surface area contributed by atoms with Crippen LogP contribution in [0.5, 0.6) is 5.75 Å². The molecule has 1 aliphatic rings. The van der Waals surface area contributed by atoms with Crippen molar-refractivity contribution in [3.05, 3.63) is 51.7 Å². The molecule has 29 heavy (non-hydrogen) atoms. The molecule has 1 aromatic carbocycles. The number of H-pyrrole nitrogens is 1. The number of hydrogen-bond donors (Lipinski definition) is 2. The molecular weight excluding hydrogens is 379 g/mol. The number of morpholine rings is 1. The number of amides is 1. The fraction of sp³-hybridized carbons (Fsp3) is 0.450. The Kier molecular flexibility index (Phi) is 7.18. The molecule has 1 saturated heterocycles. The predicted octanol–water partition coefficient (Wildman–Crippen LogP) is 1.18. The molecule has 1 amide bonds. The molecule has 2 aromatic rings. The van der Waals surface area contributed by atoms with Crippen molar-refractivity contribution in [2.24, 2.45) is 0 Å². The standard InChI is InChI=1S/C20H25FN4O4/c1-14-17(19(27)24-20(23-14)25-8-11-28-12-9-25)5-6-18(26)22-7-10-29-16-4-2-3-15(21)13-16/h2-4,13H,5-12H2,1H3,(H,22,26)(H,23,24,27). The Labute approximate surface area is 168 Å². The largest absolute Gasteiger partial charge is 0.492 e. The van der Waals surface area contributed by atoms with Crippen molar-refractivity contribution in [2.45, 2.75) is 19.8 Å². The number of benzene rings is 1. The molecule has 9 heteroatoms. The molecular formula is C20H25FN4O4. The molecule has 2 heterocycles. The maximum absolute atomic E-state index is 13.1. The number of carbonyl (C=O) groups excluding carboxylic acids is 1. The molecule has 1 aromatic heterocycles. The zero-order chi connectivity index (χ0) is 20.6. The monoisotopic (exact) mass is 404 g/mol. The number of ether oxygens (including phenoxy) is 2. The summed E-state index contributed by atoms with van der Waals surface area (Å²) in [5, 5.41) is 2.73. The van der Waals surface area contributed by atoms with Gasteiger partial charge >= 0.3 is 0 Å². The number of hydrogen-bond acceptors (Lipinski definition) is 6. The number of nitrogens with zero attached hydrogens (tertiary/aromatic N) is 2. The molecule has 0 radical (unpaired) electrons. The van der Waals surface area contributed by atoms with Crippen LogP contribution in [0, 0.1) is 12.7 Å². The van der Waals surface area contributed by atoms with E-state index in [2.05, 4.69) is 15.3 Å². The van der Waals surface area contributed by atoms with Gasteiger partial charge in [-0.15, -0.1) is 0 Å². The Morgan fingerprint density at radius 1 is 1.38 bits per heavy atom. The minimum atomic E-state index is -0.375. The van der Waals surface area contributed by atoms with Gasteiger partial charge in [0, 0.05) is 36.8 Å². The third kappa shape index (κ3) is 6.02. The fourth-order valence-electron chi connectivity index (χ4n) is 3.06. The summed E-state index contributed by atoms with van der Waals surface area (Å²) in [5.74, 6) is 0.385. The van der Waals surface area contributed by atoms with Crippen molar-refractivity contribution in [3.63, 3.8) is 0 Å². The highest BCUT2D eigenvalue weighted by Crippen LogP contribution is 2.12. The van der Waals surface area contributed by atoms with Crippen LogP contribution < -0.4 is 20.5 Å². The molecule has 0 unspecified atom stereocenters. The first-order valence-electron chi connectivity index (χ1n) is 9.60. The van der Waals surface area contributed by atoms with Crippen LogP contribution in [0.15, 0.2) is 29.1 Å². The summed E-state index contributed by atoms with van der Waals surface area (Å²) < 4.78 is 23.8. The van der Waals surface area contributed by atoms with E-state index in [1.54, 1.807) is 19.1 Å². The Bertz CT molecular complexity index is 896. The fourth-order valence-corrected chi connectivity index (χ4v) is 3.06. The van der Waals surface area contributed by atoms with E-state index in [1.807, 2.05) is 4.90 Å². The zero-order valence-corrected chi connectivity index (χ0v) is 16.4. The average Bonchev–Trinajstić information content (AvgIpc) is 2.71. The van der Waals surface area contributed by atoms with E-state index in [9.17, 15) is 14.0 Å². The molecule has 0 saturated carbocycles. The van der Waals surface area contributed by atoms with Crippen molar-refractivity contribution < 1.29 is 18.7 Å². The van der Waals surface area contributed by atoms with Crippen LogP contribution in [0.3, 0.4) is 0 Å². The number of anilines is 1. The third-order valence-corrected chi connectivity index (χ3v) is 4.61. The summed E-state index contributed by atoms with van der Waals surface area (Å²) in [4.78, 5) is 33.7. The van der Waals surface area contributed by atoms with Gasteiger partial charge in [-0.05, 0) is 25.5 Å². The summed E-state index contributed by atoms with van der Waals surface area (Å²) in [6.45, 7) is 4.87. The van der Waals surface area contributed by atoms with Crippen molar-refractivity contribution in [2.75, 3.05) is 44.4 Å². The highest BCUT2D eigenvalue weighted by atomic mass is 19.1. The Hall–Kier alpha value is -2.94. The summed E-state index contributed by atoms with van der Waals surface area (Å²) in [6.07, 6.45) is 0.469. The van der Waals surface area contributed by atoms with Gasteiger partial charge in [-0.2, -0.15) is 0 Å². The number of aromatic nitrogens is 2. The number of nitrogens with one attached hydrogen (secondary N) is 2. The highest BCUT2D eigenvalue weighted by molar-refractivity contribution is 5.76. The van der Waals surface area contributed by atoms with Gasteiger partial charge in [0.25, 0.3) is 5.56 Å². The van der Waals surface area contributed by atoms with Gasteiger partial charge in [0.2, 0.25) is 11.9 Å². The summed E-state index contributed by atoms with van der Waals surface area (Å²) >= 11 is 0. The van der Waals surface area contributed by atoms with E-state index in [4.69, 9.17) is 9.47 Å². The Balaban J connectivity index is 1.45. The van der Waals surface area contributed by atoms with Crippen molar-refractivity contribution in [1.82, 2.24) is 15.3 Å². The van der Waals surface area contributed by atoms with Gasteiger partial charge in [-0.1, -0.05) is 6.07 Å². The smallest absolute Gasteiger partial charge is 0.255 e. The van der Waals surface area contributed by atoms with Gasteiger partial charge in [0.1, 0.15) is 18.2 Å². The van der Waals surface area contributed by atoms with E-state index >= 15 is 0 Å². The second kappa shape index (κ2) is 10.0. The van der Waals surface area contributed by atoms with Gasteiger partial charge in [-0.25, -0.2) is 9.37 Å². The van der Waals surface area contributed by atoms with Crippen LogP contribution in [-0.4, -0.2) is 55.3 Å². The lowest BCUT2D eigenvalue weighted by molar-refractivity contribution is -0.121. The third-order valence-electron chi connectivity index (χ3n) is 4.61. The molecule has 0 bridgehead atoms. The molecule has 0 aliphatic carbocycles. The highest BCUT2D eigenvalue weighted by Gasteiger charge is 2.16. The van der Waals surface area contributed by atoms with Crippen LogP contribution in [0.1, 0.15) is 17.7 Å². The van der Waals surface area contributed by atoms with Gasteiger partial charge in [0.15, 0.2) is 0 Å². The predicted molar refractivity (Wildman–Crippen MR) is 106 cm³/mol. The van der Waals surface area contributed by atoms with Crippen LogP contribution >= 0.6 is 0 Å². The SMILES string of the molecule is Cc1nc(N2CCOCC2)[nH]c(=O)c1CCC(=O)NCCOc1cccc(F)c1. The molecule has 2 N–H and O–H groups in total. The van der Waals surface area contributed by atoms with Gasteiger partial charge in [0.05, 0.1) is 19.8 Å². The molecule has 1 fully saturated rings. The number of halogens is 1. The van der Waals surface area contributed by atoms with Crippen LogP contribution in [-0.2, 0) is 16.0 Å². The molecule has 0 spiro atoms. The van der Waals surface area contributed by atoms with Gasteiger partial charge < -0.3 is 19.7 Å². The number of rotatable bonds is 8. The molecule has 8 nitrogen and oxygen atoms in total. The molecule has 3 rings (SSSR count). The van der Waals surface area contributed by atoms with E-state index in [1.165, 1.54) is 12.1 Å². The summed E-state index contributed by atoms with van der Waals surface area (Å²) in [5.41, 5.74) is 0.909. The Morgan fingerprint density at radius 3 is 2.90 bits per heavy atom. The van der Waals surface area contributed by atoms with Crippen molar-refractivity contribution in [3.8, 4) is 5.75 Å². The molecule has 0 atom stereocenters. The normalized spacial score (nSPS) is 13.9. The lowest BCUT2D eigenvalue weighted by Crippen LogP contribution is -2.38. The lowest BCUT2D eigenvalue weighted by Gasteiger charge is -2.27. The quantitative estimate of drug-likeness (QED) is 0.642. The van der Waals surface area contributed by atoms with E-state index in [-0.39, 0.29) is 30.3 Å². The maximum atomic E-state index is 13.1. The van der Waals surface area contributed by atoms with Crippen LogP contribution in [0.4, 0.5) is 10.3 Å². The number of aryl methyl sites for hydroxylation is 1. The number of aromatic amines is 1. The van der Waals surface area contributed by atoms with Crippen molar-refractivity contribution in [1.29, 1.82) is 0 Å². The van der Waals surface area contributed by atoms with E-state index in [0.29, 0.717) is 62.2 Å². The topological polar surface area (TPSA) is 96.6 Å². The van der Waals surface area contributed by atoms with E-state index < -0.39 is 0 Å². The first-order valence-corrected chi connectivity index (χ1v) is 9.60. The Morgan fingerprint density at radius 2 is 2.17 bits per heavy atom. The first-order chi connectivity index (χ1) is 14.0. The minimum Gasteiger partial charge on any atom is -0.492 e. The summed E-state index contributed by atoms with van der Waals surface area (Å²) in [7, 11) is 0. The first kappa shape index (κ1) is 20.8. The minimum absolute atomic E-state index is 0.169. The maximum Gasteiger partial charge on any atom is 0.255 e. The molecule has 156 valence electrons. The van der Waals surface area contributed by atoms with Crippen LogP contribution in [0.2, 0.25) is 0 Å². The zero-order valence-electron chi connectivity index (χ0n) is 16.4. The van der Waals surface area contributed by atoms with Gasteiger partial charge in [-0.3, -0.25) is 14.6 Å². The average molecular weight is 404 g/mol. The number of carbonyl (C=O) groups is 1. The second-order valence-electron chi connectivity index (χ2n) is 6.71. The van der Waals surface area contributed by atoms with Crippen molar-refractivity contribution >= 4 is 11.9 Å². The lowest BCUT2D eigenvalue weighted by atomic mass is 10.1. The van der Waals surface area contributed by atoms with E-state index in [0.717, 1.165) is 0 Å². The summed E-state index contributed by atoms with van der Waals surface area (Å²) in [6, 6.07) is 5.82. The second-order valence-corrected chi connectivity index (χ2v) is 6.71. The molecule has 1 aliphatic heterocycles.